The van der Waals surface area contributed by atoms with Crippen LogP contribution in [0.2, 0.25) is 0 Å². The Morgan fingerprint density at radius 2 is 0.483 bits per heavy atom. The summed E-state index contributed by atoms with van der Waals surface area (Å²) < 4.78 is 0. The summed E-state index contributed by atoms with van der Waals surface area (Å²) >= 11 is 0. The number of rotatable bonds is 24. The van der Waals surface area contributed by atoms with Crippen molar-refractivity contribution >= 4 is 0 Å². The van der Waals surface area contributed by atoms with E-state index >= 15 is 0 Å². The van der Waals surface area contributed by atoms with E-state index < -0.39 is 0 Å². The van der Waals surface area contributed by atoms with Crippen molar-refractivity contribution in [1.29, 1.82) is 0 Å². The smallest absolute Gasteiger partial charge is 0.0297 e. The molecule has 0 nitrogen and oxygen atoms in total. The van der Waals surface area contributed by atoms with Crippen molar-refractivity contribution in [3.8, 4) is 0 Å². The van der Waals surface area contributed by atoms with Crippen LogP contribution in [0.5, 0.6) is 0 Å². The van der Waals surface area contributed by atoms with Crippen LogP contribution in [0, 0.1) is 5.41 Å². The fraction of sp³-hybridized carbons (Fsp3) is 1.00. The predicted molar refractivity (Wildman–Crippen MR) is 136 cm³/mol. The van der Waals surface area contributed by atoms with E-state index in [0.29, 0.717) is 5.41 Å². The van der Waals surface area contributed by atoms with Gasteiger partial charge in [-0.1, -0.05) is 156 Å². The molecule has 0 N–H and O–H groups in total. The monoisotopic (exact) mass is 408 g/mol. The molecule has 0 radical (unpaired) electrons. The van der Waals surface area contributed by atoms with Gasteiger partial charge in [-0.15, -0.1) is 0 Å². The molecular formula is C29H60. The zero-order valence-corrected chi connectivity index (χ0v) is 21.5. The van der Waals surface area contributed by atoms with Gasteiger partial charge in [0.05, 0.1) is 0 Å². The fourth-order valence-electron chi connectivity index (χ4n) is 5.16. The number of hydrogen-bond donors (Lipinski definition) is 0. The van der Waals surface area contributed by atoms with Crippen LogP contribution in [0.3, 0.4) is 0 Å². The van der Waals surface area contributed by atoms with Crippen molar-refractivity contribution in [2.24, 2.45) is 5.41 Å². The van der Waals surface area contributed by atoms with Crippen LogP contribution >= 0.6 is 0 Å². The van der Waals surface area contributed by atoms with Crippen LogP contribution in [0.4, 0.5) is 0 Å². The molecule has 0 spiro atoms. The van der Waals surface area contributed by atoms with Crippen LogP contribution in [0.15, 0.2) is 0 Å². The second kappa shape index (κ2) is 22.7. The molecule has 0 unspecified atom stereocenters. The van der Waals surface area contributed by atoms with Gasteiger partial charge in [0.1, 0.15) is 0 Å². The molecule has 0 aliphatic rings. The van der Waals surface area contributed by atoms with Gasteiger partial charge in [0, 0.05) is 0 Å². The van der Waals surface area contributed by atoms with Crippen molar-refractivity contribution in [2.45, 2.75) is 182 Å². The average Bonchev–Trinajstić information content (AvgIpc) is 2.73. The predicted octanol–water partition coefficient (Wildman–Crippen LogP) is 11.4. The minimum Gasteiger partial charge on any atom is -0.0654 e. The largest absolute Gasteiger partial charge is 0.0654 e. The van der Waals surface area contributed by atoms with Crippen LogP contribution in [0.1, 0.15) is 182 Å². The summed E-state index contributed by atoms with van der Waals surface area (Å²) in [6, 6.07) is 0. The van der Waals surface area contributed by atoms with Crippen molar-refractivity contribution in [3.05, 3.63) is 0 Å². The molecular weight excluding hydrogens is 348 g/mol. The highest BCUT2D eigenvalue weighted by Crippen LogP contribution is 2.42. The fourth-order valence-corrected chi connectivity index (χ4v) is 5.16. The minimum absolute atomic E-state index is 0.691. The van der Waals surface area contributed by atoms with Gasteiger partial charge in [0.2, 0.25) is 0 Å². The molecule has 176 valence electrons. The van der Waals surface area contributed by atoms with Gasteiger partial charge in [-0.3, -0.25) is 0 Å². The highest BCUT2D eigenvalue weighted by molar-refractivity contribution is 4.80. The Kier molecular flexibility index (Phi) is 22.7. The molecule has 0 rings (SSSR count). The highest BCUT2D eigenvalue weighted by atomic mass is 14.3. The van der Waals surface area contributed by atoms with E-state index in [-0.39, 0.29) is 0 Å². The van der Waals surface area contributed by atoms with Gasteiger partial charge in [-0.05, 0) is 31.1 Å². The molecule has 0 heterocycles. The summed E-state index contributed by atoms with van der Waals surface area (Å²) in [5.41, 5.74) is 0.691. The lowest BCUT2D eigenvalue weighted by atomic mass is 9.70. The van der Waals surface area contributed by atoms with E-state index in [1.54, 1.807) is 0 Å². The molecule has 0 amide bonds. The lowest BCUT2D eigenvalue weighted by Crippen LogP contribution is -2.21. The van der Waals surface area contributed by atoms with Gasteiger partial charge < -0.3 is 0 Å². The highest BCUT2D eigenvalue weighted by Gasteiger charge is 2.28. The molecule has 0 aromatic rings. The van der Waals surface area contributed by atoms with E-state index in [2.05, 4.69) is 27.7 Å². The Hall–Kier alpha value is 0. The molecule has 0 fully saturated rings. The van der Waals surface area contributed by atoms with Gasteiger partial charge in [-0.25, -0.2) is 0 Å². The molecule has 0 aromatic heterocycles. The van der Waals surface area contributed by atoms with Crippen molar-refractivity contribution in [3.63, 3.8) is 0 Å². The Labute approximate surface area is 187 Å². The Bertz CT molecular complexity index is 231. The Balaban J connectivity index is 4.69. The first-order valence-electron chi connectivity index (χ1n) is 14.2. The van der Waals surface area contributed by atoms with Crippen LogP contribution < -0.4 is 0 Å². The molecule has 29 heavy (non-hydrogen) atoms. The molecule has 0 aromatic carbocycles. The van der Waals surface area contributed by atoms with Crippen molar-refractivity contribution in [2.75, 3.05) is 0 Å². The van der Waals surface area contributed by atoms with E-state index in [9.17, 15) is 0 Å². The third kappa shape index (κ3) is 18.5. The van der Waals surface area contributed by atoms with Crippen molar-refractivity contribution < 1.29 is 0 Å². The van der Waals surface area contributed by atoms with Gasteiger partial charge in [0.15, 0.2) is 0 Å². The molecule has 0 saturated heterocycles. The maximum atomic E-state index is 2.34. The first-order valence-corrected chi connectivity index (χ1v) is 14.2. The molecule has 0 bridgehead atoms. The zero-order valence-electron chi connectivity index (χ0n) is 21.5. The SMILES string of the molecule is CCCCCCCC(CCCCCCC)(CCCCCCC)CCCCCCC. The molecule has 0 saturated carbocycles. The third-order valence-electron chi connectivity index (χ3n) is 7.24. The lowest BCUT2D eigenvalue weighted by Gasteiger charge is -2.35. The third-order valence-corrected chi connectivity index (χ3v) is 7.24. The zero-order chi connectivity index (χ0) is 21.5. The molecule has 0 atom stereocenters. The van der Waals surface area contributed by atoms with Crippen molar-refractivity contribution in [1.82, 2.24) is 0 Å². The second-order valence-electron chi connectivity index (χ2n) is 10.2. The van der Waals surface area contributed by atoms with E-state index in [1.165, 1.54) is 154 Å². The topological polar surface area (TPSA) is 0 Å². The summed E-state index contributed by atoms with van der Waals surface area (Å²) in [5.74, 6) is 0. The van der Waals surface area contributed by atoms with E-state index in [4.69, 9.17) is 0 Å². The first kappa shape index (κ1) is 29.0. The van der Waals surface area contributed by atoms with Crippen LogP contribution in [-0.2, 0) is 0 Å². The number of unbranched alkanes of at least 4 members (excludes halogenated alkanes) is 16. The second-order valence-corrected chi connectivity index (χ2v) is 10.2. The normalized spacial score (nSPS) is 12.0. The summed E-state index contributed by atoms with van der Waals surface area (Å²) in [7, 11) is 0. The first-order chi connectivity index (χ1) is 14.2. The van der Waals surface area contributed by atoms with E-state index in [1.807, 2.05) is 0 Å². The maximum Gasteiger partial charge on any atom is -0.0297 e. The summed E-state index contributed by atoms with van der Waals surface area (Å²) in [6.45, 7) is 9.36. The molecule has 0 heteroatoms. The molecule has 0 aliphatic carbocycles. The Morgan fingerprint density at radius 1 is 0.276 bits per heavy atom. The van der Waals surface area contributed by atoms with Crippen LogP contribution in [0.25, 0.3) is 0 Å². The van der Waals surface area contributed by atoms with Crippen LogP contribution in [-0.4, -0.2) is 0 Å². The van der Waals surface area contributed by atoms with Gasteiger partial charge in [-0.2, -0.15) is 0 Å². The minimum atomic E-state index is 0.691. The maximum absolute atomic E-state index is 2.34. The quantitative estimate of drug-likeness (QED) is 0.139. The van der Waals surface area contributed by atoms with E-state index in [0.717, 1.165) is 0 Å². The van der Waals surface area contributed by atoms with Gasteiger partial charge in [0.25, 0.3) is 0 Å². The summed E-state index contributed by atoms with van der Waals surface area (Å²) in [5, 5.41) is 0. The van der Waals surface area contributed by atoms with Gasteiger partial charge >= 0.3 is 0 Å². The lowest BCUT2D eigenvalue weighted by molar-refractivity contribution is 0.171. The summed E-state index contributed by atoms with van der Waals surface area (Å²) in [6.07, 6.45) is 35.2. The molecule has 0 aliphatic heterocycles. The number of hydrogen-bond acceptors (Lipinski definition) is 0. The average molecular weight is 409 g/mol. The standard InChI is InChI=1S/C29H60/c1-5-9-13-17-21-25-29(26-22-18-14-10-6-2,27-23-19-15-11-7-3)28-24-20-16-12-8-4/h5-28H2,1-4H3. The Morgan fingerprint density at radius 3 is 0.690 bits per heavy atom. The summed E-state index contributed by atoms with van der Waals surface area (Å²) in [4.78, 5) is 0.